The van der Waals surface area contributed by atoms with E-state index in [0.29, 0.717) is 11.7 Å². The predicted molar refractivity (Wildman–Crippen MR) is 69.3 cm³/mol. The topological polar surface area (TPSA) is 57.8 Å². The Morgan fingerprint density at radius 2 is 2.35 bits per heavy atom. The summed E-state index contributed by atoms with van der Waals surface area (Å²) in [6, 6.07) is 5.48. The van der Waals surface area contributed by atoms with Gasteiger partial charge in [-0.15, -0.1) is 0 Å². The number of H-pyrrole nitrogens is 1. The molecule has 2 rings (SSSR count). The number of anilines is 1. The predicted octanol–water partition coefficient (Wildman–Crippen LogP) is 3.35. The van der Waals surface area contributed by atoms with Gasteiger partial charge in [0.1, 0.15) is 0 Å². The number of rotatable bonds is 4. The molecular weight excluding hydrogens is 238 g/mol. The second-order valence-corrected chi connectivity index (χ2v) is 4.27. The molecule has 90 valence electrons. The number of carbonyl (C=O) groups excluding carboxylic acids is 1. The maximum atomic E-state index is 11.5. The third-order valence-electron chi connectivity index (χ3n) is 2.49. The summed E-state index contributed by atoms with van der Waals surface area (Å²) in [5.74, 6) is 0.0387. The molecule has 1 aromatic carbocycles. The van der Waals surface area contributed by atoms with Crippen LogP contribution in [0.1, 0.15) is 26.2 Å². The number of hydrogen-bond acceptors (Lipinski definition) is 2. The van der Waals surface area contributed by atoms with Crippen LogP contribution in [-0.2, 0) is 4.79 Å². The van der Waals surface area contributed by atoms with E-state index in [9.17, 15) is 4.79 Å². The first kappa shape index (κ1) is 11.9. The van der Waals surface area contributed by atoms with Crippen molar-refractivity contribution in [2.24, 2.45) is 0 Å². The summed E-state index contributed by atoms with van der Waals surface area (Å²) in [6.07, 6.45) is 2.48. The van der Waals surface area contributed by atoms with Crippen molar-refractivity contribution in [1.29, 1.82) is 0 Å². The summed E-state index contributed by atoms with van der Waals surface area (Å²) < 4.78 is 0. The molecule has 0 fully saturated rings. The number of amides is 1. The van der Waals surface area contributed by atoms with Crippen LogP contribution in [0.4, 0.5) is 5.69 Å². The molecule has 2 N–H and O–H groups in total. The van der Waals surface area contributed by atoms with Gasteiger partial charge in [0, 0.05) is 12.1 Å². The van der Waals surface area contributed by atoms with Crippen LogP contribution < -0.4 is 5.32 Å². The zero-order chi connectivity index (χ0) is 12.3. The van der Waals surface area contributed by atoms with Gasteiger partial charge in [0.05, 0.1) is 11.0 Å². The first-order valence-electron chi connectivity index (χ1n) is 5.64. The fourth-order valence-electron chi connectivity index (χ4n) is 1.62. The van der Waals surface area contributed by atoms with Crippen molar-refractivity contribution in [3.8, 4) is 0 Å². The Morgan fingerprint density at radius 1 is 1.53 bits per heavy atom. The molecule has 4 nitrogen and oxygen atoms in total. The average Bonchev–Trinajstić information content (AvgIpc) is 2.65. The minimum Gasteiger partial charge on any atom is -0.329 e. The highest BCUT2D eigenvalue weighted by Gasteiger charge is 2.04. The van der Waals surface area contributed by atoms with Gasteiger partial charge in [-0.1, -0.05) is 13.3 Å². The van der Waals surface area contributed by atoms with Crippen LogP contribution in [-0.4, -0.2) is 15.9 Å². The summed E-state index contributed by atoms with van der Waals surface area (Å²) in [5, 5.41) is 3.20. The molecular formula is C12H14ClN3O. The number of aromatic amines is 1. The van der Waals surface area contributed by atoms with Crippen LogP contribution in [0, 0.1) is 0 Å². The second kappa shape index (κ2) is 5.19. The number of benzene rings is 1. The molecule has 0 bridgehead atoms. The average molecular weight is 252 g/mol. The molecule has 5 heteroatoms. The van der Waals surface area contributed by atoms with Crippen molar-refractivity contribution >= 4 is 34.2 Å². The fraction of sp³-hybridized carbons (Fsp3) is 0.333. The SMILES string of the molecule is CCCCC(=O)Nc1ccc2nc(Cl)[nH]c2c1. The maximum Gasteiger partial charge on any atom is 0.224 e. The number of nitrogens with one attached hydrogen (secondary N) is 2. The van der Waals surface area contributed by atoms with E-state index >= 15 is 0 Å². The van der Waals surface area contributed by atoms with Crippen molar-refractivity contribution < 1.29 is 4.79 Å². The standard InChI is InChI=1S/C12H14ClN3O/c1-2-3-4-11(17)14-8-5-6-9-10(7-8)16-12(13)15-9/h5-7H,2-4H2,1H3,(H,14,17)(H,15,16). The third kappa shape index (κ3) is 2.97. The first-order valence-corrected chi connectivity index (χ1v) is 6.02. The number of imidazole rings is 1. The lowest BCUT2D eigenvalue weighted by atomic mass is 10.2. The van der Waals surface area contributed by atoms with Gasteiger partial charge < -0.3 is 10.3 Å². The second-order valence-electron chi connectivity index (χ2n) is 3.91. The van der Waals surface area contributed by atoms with Crippen LogP contribution in [0.3, 0.4) is 0 Å². The molecule has 0 saturated heterocycles. The minimum atomic E-state index is 0.0387. The fourth-order valence-corrected chi connectivity index (χ4v) is 1.81. The van der Waals surface area contributed by atoms with E-state index in [1.807, 2.05) is 18.2 Å². The van der Waals surface area contributed by atoms with Crippen LogP contribution in [0.25, 0.3) is 11.0 Å². The quantitative estimate of drug-likeness (QED) is 0.876. The summed E-state index contributed by atoms with van der Waals surface area (Å²) >= 11 is 5.76. The van der Waals surface area contributed by atoms with E-state index in [4.69, 9.17) is 11.6 Å². The van der Waals surface area contributed by atoms with E-state index in [1.54, 1.807) is 0 Å². The third-order valence-corrected chi connectivity index (χ3v) is 2.67. The lowest BCUT2D eigenvalue weighted by Gasteiger charge is -2.04. The molecule has 0 aliphatic rings. The van der Waals surface area contributed by atoms with E-state index in [0.717, 1.165) is 29.6 Å². The molecule has 1 heterocycles. The van der Waals surface area contributed by atoms with Crippen molar-refractivity contribution in [2.45, 2.75) is 26.2 Å². The highest BCUT2D eigenvalue weighted by Crippen LogP contribution is 2.19. The monoisotopic (exact) mass is 251 g/mol. The molecule has 0 aliphatic heterocycles. The lowest BCUT2D eigenvalue weighted by Crippen LogP contribution is -2.10. The van der Waals surface area contributed by atoms with Gasteiger partial charge in [0.25, 0.3) is 0 Å². The normalized spacial score (nSPS) is 10.7. The molecule has 0 aliphatic carbocycles. The molecule has 1 amide bonds. The van der Waals surface area contributed by atoms with Gasteiger partial charge in [-0.3, -0.25) is 4.79 Å². The van der Waals surface area contributed by atoms with Gasteiger partial charge in [0.2, 0.25) is 11.2 Å². The van der Waals surface area contributed by atoms with Gasteiger partial charge in [-0.2, -0.15) is 0 Å². The molecule has 0 atom stereocenters. The van der Waals surface area contributed by atoms with Crippen molar-refractivity contribution in [1.82, 2.24) is 9.97 Å². The number of halogens is 1. The Hall–Kier alpha value is -1.55. The van der Waals surface area contributed by atoms with E-state index in [-0.39, 0.29) is 5.91 Å². The maximum absolute atomic E-state index is 11.5. The molecule has 0 radical (unpaired) electrons. The Kier molecular flexibility index (Phi) is 3.64. The Labute approximate surface area is 104 Å². The van der Waals surface area contributed by atoms with Gasteiger partial charge in [0.15, 0.2) is 0 Å². The summed E-state index contributed by atoms with van der Waals surface area (Å²) in [6.45, 7) is 2.06. The van der Waals surface area contributed by atoms with Crippen molar-refractivity contribution in [2.75, 3.05) is 5.32 Å². The lowest BCUT2D eigenvalue weighted by molar-refractivity contribution is -0.116. The van der Waals surface area contributed by atoms with Crippen molar-refractivity contribution in [3.63, 3.8) is 0 Å². The number of hydrogen-bond donors (Lipinski definition) is 2. The number of unbranched alkanes of at least 4 members (excludes halogenated alkanes) is 1. The van der Waals surface area contributed by atoms with E-state index in [2.05, 4.69) is 22.2 Å². The van der Waals surface area contributed by atoms with Crippen LogP contribution in [0.5, 0.6) is 0 Å². The largest absolute Gasteiger partial charge is 0.329 e. The van der Waals surface area contributed by atoms with Crippen molar-refractivity contribution in [3.05, 3.63) is 23.5 Å². The summed E-state index contributed by atoms with van der Waals surface area (Å²) in [7, 11) is 0. The van der Waals surface area contributed by atoms with Gasteiger partial charge in [-0.05, 0) is 36.2 Å². The number of carbonyl (C=O) groups is 1. The first-order chi connectivity index (χ1) is 8.19. The summed E-state index contributed by atoms with van der Waals surface area (Å²) in [5.41, 5.74) is 2.38. The summed E-state index contributed by atoms with van der Waals surface area (Å²) in [4.78, 5) is 18.5. The molecule has 2 aromatic rings. The molecule has 0 unspecified atom stereocenters. The number of nitrogens with zero attached hydrogens (tertiary/aromatic N) is 1. The molecule has 17 heavy (non-hydrogen) atoms. The van der Waals surface area contributed by atoms with Crippen LogP contribution in [0.2, 0.25) is 5.28 Å². The molecule has 0 saturated carbocycles. The molecule has 1 aromatic heterocycles. The highest BCUT2D eigenvalue weighted by atomic mass is 35.5. The Morgan fingerprint density at radius 3 is 3.12 bits per heavy atom. The van der Waals surface area contributed by atoms with Crippen LogP contribution >= 0.6 is 11.6 Å². The smallest absolute Gasteiger partial charge is 0.224 e. The number of fused-ring (bicyclic) bond motifs is 1. The zero-order valence-corrected chi connectivity index (χ0v) is 10.3. The zero-order valence-electron chi connectivity index (χ0n) is 9.59. The molecule has 0 spiro atoms. The Balaban J connectivity index is 2.10. The van der Waals surface area contributed by atoms with E-state index in [1.165, 1.54) is 0 Å². The van der Waals surface area contributed by atoms with E-state index < -0.39 is 0 Å². The number of aromatic nitrogens is 2. The van der Waals surface area contributed by atoms with Gasteiger partial charge in [-0.25, -0.2) is 4.98 Å². The van der Waals surface area contributed by atoms with Gasteiger partial charge >= 0.3 is 0 Å². The Bertz CT molecular complexity index is 536. The minimum absolute atomic E-state index is 0.0387. The highest BCUT2D eigenvalue weighted by molar-refractivity contribution is 6.29. The van der Waals surface area contributed by atoms with Crippen LogP contribution in [0.15, 0.2) is 18.2 Å².